The molecule has 0 radical (unpaired) electrons. The van der Waals surface area contributed by atoms with Crippen LogP contribution in [0.4, 0.5) is 0 Å². The molecule has 2 rings (SSSR count). The zero-order chi connectivity index (χ0) is 13.7. The molecular weight excluding hydrogens is 278 g/mol. The van der Waals surface area contributed by atoms with Gasteiger partial charge in [-0.15, -0.1) is 11.3 Å². The second-order valence-electron chi connectivity index (χ2n) is 4.61. The van der Waals surface area contributed by atoms with Gasteiger partial charge in [0.2, 0.25) is 0 Å². The third-order valence-electron chi connectivity index (χ3n) is 3.15. The Hall–Kier alpha value is -0.870. The van der Waals surface area contributed by atoms with Gasteiger partial charge in [-0.1, -0.05) is 41.9 Å². The molecule has 4 heteroatoms. The quantitative estimate of drug-likeness (QED) is 0.876. The molecule has 1 heterocycles. The third-order valence-corrected chi connectivity index (χ3v) is 4.53. The van der Waals surface area contributed by atoms with E-state index >= 15 is 0 Å². The maximum Gasteiger partial charge on any atom is 0.0584 e. The molecule has 0 aliphatic heterocycles. The largest absolute Gasteiger partial charge is 0.395 e. The average molecular weight is 296 g/mol. The first kappa shape index (κ1) is 14.5. The van der Waals surface area contributed by atoms with Crippen LogP contribution in [0.25, 0.3) is 0 Å². The van der Waals surface area contributed by atoms with Gasteiger partial charge in [-0.25, -0.2) is 0 Å². The highest BCUT2D eigenvalue weighted by molar-refractivity contribution is 7.10. The SMILES string of the molecule is CC(CO)N(Cc1ccccc1)Cc1sccc1Cl. The van der Waals surface area contributed by atoms with Gasteiger partial charge in [0.05, 0.1) is 11.6 Å². The number of aliphatic hydroxyl groups excluding tert-OH is 1. The van der Waals surface area contributed by atoms with Crippen molar-refractivity contribution in [1.29, 1.82) is 0 Å². The zero-order valence-corrected chi connectivity index (χ0v) is 12.5. The fraction of sp³-hybridized carbons (Fsp3) is 0.333. The molecule has 0 saturated carbocycles. The minimum Gasteiger partial charge on any atom is -0.395 e. The van der Waals surface area contributed by atoms with E-state index in [1.807, 2.05) is 36.6 Å². The van der Waals surface area contributed by atoms with Crippen LogP contribution in [-0.2, 0) is 13.1 Å². The van der Waals surface area contributed by atoms with Gasteiger partial charge in [0, 0.05) is 24.0 Å². The zero-order valence-electron chi connectivity index (χ0n) is 10.9. The molecule has 1 aromatic carbocycles. The molecular formula is C15H18ClNOS. The van der Waals surface area contributed by atoms with Crippen molar-refractivity contribution in [3.63, 3.8) is 0 Å². The Morgan fingerprint density at radius 2 is 1.95 bits per heavy atom. The van der Waals surface area contributed by atoms with Crippen molar-refractivity contribution in [2.24, 2.45) is 0 Å². The minimum absolute atomic E-state index is 0.110. The predicted octanol–water partition coefficient (Wildman–Crippen LogP) is 3.78. The molecule has 0 amide bonds. The normalized spacial score (nSPS) is 12.8. The highest BCUT2D eigenvalue weighted by Gasteiger charge is 2.16. The maximum absolute atomic E-state index is 9.41. The molecule has 1 N–H and O–H groups in total. The fourth-order valence-corrected chi connectivity index (χ4v) is 3.04. The number of rotatable bonds is 6. The van der Waals surface area contributed by atoms with E-state index < -0.39 is 0 Å². The molecule has 1 aromatic heterocycles. The number of thiophene rings is 1. The van der Waals surface area contributed by atoms with Crippen molar-refractivity contribution in [2.45, 2.75) is 26.1 Å². The number of benzene rings is 1. The van der Waals surface area contributed by atoms with Gasteiger partial charge in [0.1, 0.15) is 0 Å². The molecule has 102 valence electrons. The molecule has 2 nitrogen and oxygen atoms in total. The van der Waals surface area contributed by atoms with Gasteiger partial charge in [0.15, 0.2) is 0 Å². The summed E-state index contributed by atoms with van der Waals surface area (Å²) in [6.07, 6.45) is 0. The van der Waals surface area contributed by atoms with Crippen molar-refractivity contribution in [1.82, 2.24) is 4.90 Å². The molecule has 0 aliphatic rings. The Morgan fingerprint density at radius 3 is 2.53 bits per heavy atom. The lowest BCUT2D eigenvalue weighted by Gasteiger charge is -2.27. The summed E-state index contributed by atoms with van der Waals surface area (Å²) in [5.74, 6) is 0. The summed E-state index contributed by atoms with van der Waals surface area (Å²) in [6, 6.07) is 12.3. The van der Waals surface area contributed by atoms with E-state index in [0.29, 0.717) is 0 Å². The molecule has 19 heavy (non-hydrogen) atoms. The Labute approximate surface area is 123 Å². The van der Waals surface area contributed by atoms with E-state index in [2.05, 4.69) is 17.0 Å². The number of hydrogen-bond acceptors (Lipinski definition) is 3. The standard InChI is InChI=1S/C15H18ClNOS/c1-12(11-18)17(9-13-5-3-2-4-6-13)10-15-14(16)7-8-19-15/h2-8,12,18H,9-11H2,1H3. The average Bonchev–Trinajstić information content (AvgIpc) is 2.84. The van der Waals surface area contributed by atoms with Crippen molar-refractivity contribution in [3.05, 3.63) is 57.2 Å². The summed E-state index contributed by atoms with van der Waals surface area (Å²) < 4.78 is 0. The van der Waals surface area contributed by atoms with Crippen LogP contribution in [0, 0.1) is 0 Å². The smallest absolute Gasteiger partial charge is 0.0584 e. The first-order chi connectivity index (χ1) is 9.20. The summed E-state index contributed by atoms with van der Waals surface area (Å²) >= 11 is 7.82. The van der Waals surface area contributed by atoms with Crippen molar-refractivity contribution >= 4 is 22.9 Å². The third kappa shape index (κ3) is 4.05. The maximum atomic E-state index is 9.41. The molecule has 2 aromatic rings. The van der Waals surface area contributed by atoms with Crippen molar-refractivity contribution in [3.8, 4) is 0 Å². The van der Waals surface area contributed by atoms with Crippen LogP contribution in [0.1, 0.15) is 17.4 Å². The van der Waals surface area contributed by atoms with E-state index in [-0.39, 0.29) is 12.6 Å². The second kappa shape index (κ2) is 7.06. The summed E-state index contributed by atoms with van der Waals surface area (Å²) in [6.45, 7) is 3.77. The number of hydrogen-bond donors (Lipinski definition) is 1. The summed E-state index contributed by atoms with van der Waals surface area (Å²) in [5.41, 5.74) is 1.25. The van der Waals surface area contributed by atoms with E-state index in [1.165, 1.54) is 5.56 Å². The van der Waals surface area contributed by atoms with Gasteiger partial charge < -0.3 is 5.11 Å². The number of aliphatic hydroxyl groups is 1. The molecule has 0 aliphatic carbocycles. The lowest BCUT2D eigenvalue weighted by molar-refractivity contribution is 0.122. The predicted molar refractivity (Wildman–Crippen MR) is 81.6 cm³/mol. The fourth-order valence-electron chi connectivity index (χ4n) is 1.92. The van der Waals surface area contributed by atoms with Crippen LogP contribution in [0.2, 0.25) is 5.02 Å². The van der Waals surface area contributed by atoms with E-state index in [0.717, 1.165) is 23.0 Å². The van der Waals surface area contributed by atoms with Crippen molar-refractivity contribution in [2.75, 3.05) is 6.61 Å². The first-order valence-electron chi connectivity index (χ1n) is 6.31. The molecule has 1 unspecified atom stereocenters. The topological polar surface area (TPSA) is 23.5 Å². The van der Waals surface area contributed by atoms with Gasteiger partial charge in [-0.2, -0.15) is 0 Å². The van der Waals surface area contributed by atoms with Crippen LogP contribution in [0.3, 0.4) is 0 Å². The second-order valence-corrected chi connectivity index (χ2v) is 6.02. The number of nitrogens with zero attached hydrogens (tertiary/aromatic N) is 1. The van der Waals surface area contributed by atoms with E-state index in [9.17, 15) is 5.11 Å². The molecule has 1 atom stereocenters. The molecule has 0 bridgehead atoms. The van der Waals surface area contributed by atoms with Crippen LogP contribution in [0.5, 0.6) is 0 Å². The molecule has 0 saturated heterocycles. The summed E-state index contributed by atoms with van der Waals surface area (Å²) in [5, 5.41) is 12.2. The van der Waals surface area contributed by atoms with Crippen LogP contribution in [-0.4, -0.2) is 22.7 Å². The Kier molecular flexibility index (Phi) is 5.40. The lowest BCUT2D eigenvalue weighted by atomic mass is 10.2. The highest BCUT2D eigenvalue weighted by atomic mass is 35.5. The summed E-state index contributed by atoms with van der Waals surface area (Å²) in [7, 11) is 0. The minimum atomic E-state index is 0.110. The monoisotopic (exact) mass is 295 g/mol. The van der Waals surface area contributed by atoms with Gasteiger partial charge in [-0.3, -0.25) is 4.90 Å². The Morgan fingerprint density at radius 1 is 1.21 bits per heavy atom. The Bertz CT molecular complexity index is 500. The van der Waals surface area contributed by atoms with Crippen molar-refractivity contribution < 1.29 is 5.11 Å². The van der Waals surface area contributed by atoms with Gasteiger partial charge in [-0.05, 0) is 23.9 Å². The van der Waals surface area contributed by atoms with Crippen LogP contribution < -0.4 is 0 Å². The van der Waals surface area contributed by atoms with Gasteiger partial charge >= 0.3 is 0 Å². The molecule has 0 fully saturated rings. The first-order valence-corrected chi connectivity index (χ1v) is 7.57. The van der Waals surface area contributed by atoms with Gasteiger partial charge in [0.25, 0.3) is 0 Å². The molecule has 0 spiro atoms. The Balaban J connectivity index is 2.10. The van der Waals surface area contributed by atoms with E-state index in [4.69, 9.17) is 11.6 Å². The lowest BCUT2D eigenvalue weighted by Crippen LogP contribution is -2.34. The number of halogens is 1. The van der Waals surface area contributed by atoms with E-state index in [1.54, 1.807) is 11.3 Å². The van der Waals surface area contributed by atoms with Crippen LogP contribution in [0.15, 0.2) is 41.8 Å². The summed E-state index contributed by atoms with van der Waals surface area (Å²) in [4.78, 5) is 3.39. The van der Waals surface area contributed by atoms with Crippen LogP contribution >= 0.6 is 22.9 Å². The highest BCUT2D eigenvalue weighted by Crippen LogP contribution is 2.25.